The Hall–Kier alpha value is -1.25. The first-order chi connectivity index (χ1) is 7.93. The van der Waals surface area contributed by atoms with E-state index in [0.29, 0.717) is 0 Å². The zero-order valence-electron chi connectivity index (χ0n) is 10.1. The molecule has 0 radical (unpaired) electrons. The fraction of sp³-hybridized carbons (Fsp3) is 0.615. The topological polar surface area (TPSA) is 37.9 Å². The lowest BCUT2D eigenvalue weighted by Gasteiger charge is -2.16. The molecule has 1 atom stereocenters. The molecule has 0 saturated heterocycles. The van der Waals surface area contributed by atoms with Crippen LogP contribution in [0.3, 0.4) is 0 Å². The van der Waals surface area contributed by atoms with Crippen LogP contribution in [-0.2, 0) is 4.74 Å². The van der Waals surface area contributed by atoms with Crippen molar-refractivity contribution in [3.63, 3.8) is 0 Å². The molecule has 3 heteroatoms. The molecule has 1 aliphatic rings. The Morgan fingerprint density at radius 2 is 2.38 bits per heavy atom. The van der Waals surface area contributed by atoms with E-state index in [4.69, 9.17) is 4.74 Å². The summed E-state index contributed by atoms with van der Waals surface area (Å²) in [6, 6.07) is 1.83. The Bertz CT molecular complexity index is 240. The summed E-state index contributed by atoms with van der Waals surface area (Å²) in [6.07, 6.45) is 14.2. The number of rotatable bonds is 4. The standard InChI is InChI=1S/C10H18O.C3H4N2/c1-2-3-4-5-10-6-8-11-9-7-10;1-2-4-5-3-1/h6,8,10H,2-5,7,9H2,1H3;1-3H,(H,4,5). The van der Waals surface area contributed by atoms with Gasteiger partial charge in [0.1, 0.15) is 0 Å². The number of hydrogen-bond donors (Lipinski definition) is 1. The van der Waals surface area contributed by atoms with Crippen molar-refractivity contribution in [2.45, 2.75) is 39.0 Å². The van der Waals surface area contributed by atoms with Crippen molar-refractivity contribution in [3.05, 3.63) is 30.8 Å². The van der Waals surface area contributed by atoms with Gasteiger partial charge in [0.25, 0.3) is 0 Å². The molecule has 0 fully saturated rings. The van der Waals surface area contributed by atoms with Crippen molar-refractivity contribution < 1.29 is 4.74 Å². The van der Waals surface area contributed by atoms with E-state index in [1.165, 1.54) is 32.1 Å². The van der Waals surface area contributed by atoms with Crippen LogP contribution in [0.5, 0.6) is 0 Å². The zero-order valence-corrected chi connectivity index (χ0v) is 10.1. The summed E-state index contributed by atoms with van der Waals surface area (Å²) in [6.45, 7) is 3.17. The first-order valence-corrected chi connectivity index (χ1v) is 6.15. The quantitative estimate of drug-likeness (QED) is 0.791. The third-order valence-electron chi connectivity index (χ3n) is 2.64. The van der Waals surface area contributed by atoms with Crippen LogP contribution in [0.4, 0.5) is 0 Å². The molecule has 2 rings (SSSR count). The summed E-state index contributed by atoms with van der Waals surface area (Å²) in [7, 11) is 0. The van der Waals surface area contributed by atoms with Crippen LogP contribution >= 0.6 is 0 Å². The summed E-state index contributed by atoms with van der Waals surface area (Å²) in [4.78, 5) is 0. The number of nitrogens with zero attached hydrogens (tertiary/aromatic N) is 1. The first-order valence-electron chi connectivity index (χ1n) is 6.15. The Balaban J connectivity index is 0.000000212. The zero-order chi connectivity index (χ0) is 11.5. The summed E-state index contributed by atoms with van der Waals surface area (Å²) in [5.41, 5.74) is 0. The fourth-order valence-electron chi connectivity index (χ4n) is 1.66. The van der Waals surface area contributed by atoms with E-state index >= 15 is 0 Å². The monoisotopic (exact) mass is 222 g/mol. The highest BCUT2D eigenvalue weighted by Gasteiger charge is 2.07. The predicted molar refractivity (Wildman–Crippen MR) is 65.9 cm³/mol. The Morgan fingerprint density at radius 1 is 1.44 bits per heavy atom. The molecule has 3 nitrogen and oxygen atoms in total. The van der Waals surface area contributed by atoms with Gasteiger partial charge in [0, 0.05) is 12.4 Å². The molecule has 0 aromatic carbocycles. The molecule has 0 bridgehead atoms. The number of unbranched alkanes of at least 4 members (excludes halogenated alkanes) is 2. The maximum atomic E-state index is 5.13. The molecule has 0 aliphatic carbocycles. The second-order valence-electron chi connectivity index (χ2n) is 4.01. The van der Waals surface area contributed by atoms with Crippen molar-refractivity contribution in [2.75, 3.05) is 6.61 Å². The molecular weight excluding hydrogens is 200 g/mol. The Morgan fingerprint density at radius 3 is 2.88 bits per heavy atom. The van der Waals surface area contributed by atoms with E-state index in [-0.39, 0.29) is 0 Å². The minimum Gasteiger partial charge on any atom is -0.501 e. The second kappa shape index (κ2) is 9.01. The molecule has 90 valence electrons. The molecular formula is C13H22N2O. The predicted octanol–water partition coefficient (Wildman–Crippen LogP) is 3.53. The van der Waals surface area contributed by atoms with Gasteiger partial charge < -0.3 is 4.74 Å². The third kappa shape index (κ3) is 6.27. The third-order valence-corrected chi connectivity index (χ3v) is 2.64. The average molecular weight is 222 g/mol. The van der Waals surface area contributed by atoms with Crippen molar-refractivity contribution in [3.8, 4) is 0 Å². The molecule has 0 spiro atoms. The number of ether oxygens (including phenoxy) is 1. The van der Waals surface area contributed by atoms with Crippen molar-refractivity contribution in [2.24, 2.45) is 5.92 Å². The maximum Gasteiger partial charge on any atom is 0.0878 e. The van der Waals surface area contributed by atoms with E-state index in [0.717, 1.165) is 12.5 Å². The lowest BCUT2D eigenvalue weighted by Crippen LogP contribution is -2.05. The highest BCUT2D eigenvalue weighted by atomic mass is 16.5. The minimum atomic E-state index is 0.801. The highest BCUT2D eigenvalue weighted by Crippen LogP contribution is 2.18. The Labute approximate surface area is 97.9 Å². The molecule has 1 aromatic rings. The molecule has 1 aromatic heterocycles. The van der Waals surface area contributed by atoms with Gasteiger partial charge in [-0.05, 0) is 30.9 Å². The average Bonchev–Trinajstić information content (AvgIpc) is 2.90. The number of nitrogens with one attached hydrogen (secondary N) is 1. The molecule has 16 heavy (non-hydrogen) atoms. The fourth-order valence-corrected chi connectivity index (χ4v) is 1.66. The number of aromatic nitrogens is 2. The molecule has 0 saturated carbocycles. The van der Waals surface area contributed by atoms with Gasteiger partial charge in [-0.2, -0.15) is 5.10 Å². The van der Waals surface area contributed by atoms with Crippen LogP contribution in [0.2, 0.25) is 0 Å². The molecule has 0 amide bonds. The summed E-state index contributed by atoms with van der Waals surface area (Å²) in [5.74, 6) is 0.801. The van der Waals surface area contributed by atoms with Crippen LogP contribution in [0.1, 0.15) is 39.0 Å². The SMILES string of the molecule is CCCCCC1C=COCC1.c1cn[nH]c1. The Kier molecular flexibility index (Phi) is 7.22. The van der Waals surface area contributed by atoms with Crippen LogP contribution < -0.4 is 0 Å². The molecule has 1 unspecified atom stereocenters. The molecule has 1 N–H and O–H groups in total. The van der Waals surface area contributed by atoms with Crippen LogP contribution in [0.25, 0.3) is 0 Å². The van der Waals surface area contributed by atoms with E-state index in [1.54, 1.807) is 12.4 Å². The van der Waals surface area contributed by atoms with Gasteiger partial charge >= 0.3 is 0 Å². The van der Waals surface area contributed by atoms with Gasteiger partial charge in [0.15, 0.2) is 0 Å². The van der Waals surface area contributed by atoms with Crippen molar-refractivity contribution in [1.82, 2.24) is 10.2 Å². The van der Waals surface area contributed by atoms with E-state index in [9.17, 15) is 0 Å². The number of hydrogen-bond acceptors (Lipinski definition) is 2. The normalized spacial score (nSPS) is 18.4. The van der Waals surface area contributed by atoms with Crippen LogP contribution in [-0.4, -0.2) is 16.8 Å². The second-order valence-corrected chi connectivity index (χ2v) is 4.01. The van der Waals surface area contributed by atoms with E-state index in [2.05, 4.69) is 23.2 Å². The van der Waals surface area contributed by atoms with E-state index < -0.39 is 0 Å². The van der Waals surface area contributed by atoms with Crippen LogP contribution in [0.15, 0.2) is 30.8 Å². The van der Waals surface area contributed by atoms with Crippen molar-refractivity contribution in [1.29, 1.82) is 0 Å². The van der Waals surface area contributed by atoms with Crippen molar-refractivity contribution >= 4 is 0 Å². The van der Waals surface area contributed by atoms with Gasteiger partial charge in [0.2, 0.25) is 0 Å². The van der Waals surface area contributed by atoms with Gasteiger partial charge in [-0.15, -0.1) is 0 Å². The maximum absolute atomic E-state index is 5.13. The number of allylic oxidation sites excluding steroid dienone is 1. The molecule has 1 aliphatic heterocycles. The van der Waals surface area contributed by atoms with E-state index in [1.807, 2.05) is 12.3 Å². The minimum absolute atomic E-state index is 0.801. The van der Waals surface area contributed by atoms with Gasteiger partial charge in [-0.3, -0.25) is 5.10 Å². The number of H-pyrrole nitrogens is 1. The summed E-state index contributed by atoms with van der Waals surface area (Å²) in [5, 5.41) is 6.21. The first kappa shape index (κ1) is 12.8. The lowest BCUT2D eigenvalue weighted by atomic mass is 9.97. The van der Waals surface area contributed by atoms with Gasteiger partial charge in [-0.25, -0.2) is 0 Å². The van der Waals surface area contributed by atoms with Gasteiger partial charge in [-0.1, -0.05) is 26.2 Å². The van der Waals surface area contributed by atoms with Crippen LogP contribution in [0, 0.1) is 5.92 Å². The number of aromatic amines is 1. The summed E-state index contributed by atoms with van der Waals surface area (Å²) >= 11 is 0. The molecule has 2 heterocycles. The smallest absolute Gasteiger partial charge is 0.0878 e. The summed E-state index contributed by atoms with van der Waals surface area (Å²) < 4.78 is 5.13. The van der Waals surface area contributed by atoms with Gasteiger partial charge in [0.05, 0.1) is 12.9 Å². The lowest BCUT2D eigenvalue weighted by molar-refractivity contribution is 0.204. The largest absolute Gasteiger partial charge is 0.501 e. The highest BCUT2D eigenvalue weighted by molar-refractivity contribution is 4.86.